The van der Waals surface area contributed by atoms with Gasteiger partial charge in [-0.3, -0.25) is 4.79 Å². The fourth-order valence-corrected chi connectivity index (χ4v) is 2.90. The lowest BCUT2D eigenvalue weighted by molar-refractivity contribution is -0.116. The molecule has 1 aliphatic rings. The van der Waals surface area contributed by atoms with Crippen LogP contribution < -0.4 is 5.32 Å². The van der Waals surface area contributed by atoms with Crippen LogP contribution in [-0.4, -0.2) is 43.7 Å². The molecule has 128 valence electrons. The molecule has 0 spiro atoms. The third kappa shape index (κ3) is 5.96. The van der Waals surface area contributed by atoms with Crippen LogP contribution in [0.4, 0.5) is 5.69 Å². The number of anilines is 1. The number of hydrogen-bond donors (Lipinski definition) is 1. The fraction of sp³-hybridized carbons (Fsp3) is 0.632. The summed E-state index contributed by atoms with van der Waals surface area (Å²) in [5, 5.41) is 3.02. The molecule has 1 amide bonds. The molecular formula is C19H30N2O2. The van der Waals surface area contributed by atoms with E-state index in [1.54, 1.807) is 0 Å². The Balaban J connectivity index is 1.68. The Morgan fingerprint density at radius 1 is 1.30 bits per heavy atom. The van der Waals surface area contributed by atoms with Crippen molar-refractivity contribution >= 4 is 11.6 Å². The first-order valence-electron chi connectivity index (χ1n) is 8.72. The number of aryl methyl sites for hydroxylation is 1. The predicted octanol–water partition coefficient (Wildman–Crippen LogP) is 3.52. The molecule has 0 aromatic heterocycles. The van der Waals surface area contributed by atoms with Crippen LogP contribution in [0, 0.1) is 13.8 Å². The maximum atomic E-state index is 12.1. The van der Waals surface area contributed by atoms with Gasteiger partial charge in [-0.2, -0.15) is 0 Å². The molecule has 2 rings (SSSR count). The van der Waals surface area contributed by atoms with Gasteiger partial charge in [0, 0.05) is 31.8 Å². The first-order valence-corrected chi connectivity index (χ1v) is 8.72. The van der Waals surface area contributed by atoms with Crippen LogP contribution in [-0.2, 0) is 9.53 Å². The van der Waals surface area contributed by atoms with Gasteiger partial charge < -0.3 is 15.0 Å². The lowest BCUT2D eigenvalue weighted by Gasteiger charge is -2.25. The summed E-state index contributed by atoms with van der Waals surface area (Å²) in [5.74, 6) is 0.0828. The van der Waals surface area contributed by atoms with E-state index in [1.165, 1.54) is 24.8 Å². The second kappa shape index (κ2) is 9.04. The summed E-state index contributed by atoms with van der Waals surface area (Å²) in [6.45, 7) is 6.78. The van der Waals surface area contributed by atoms with Crippen LogP contribution in [0.15, 0.2) is 18.2 Å². The zero-order chi connectivity index (χ0) is 16.7. The second-order valence-electron chi connectivity index (χ2n) is 6.63. The molecule has 1 heterocycles. The van der Waals surface area contributed by atoms with Crippen molar-refractivity contribution in [2.75, 3.05) is 32.1 Å². The zero-order valence-electron chi connectivity index (χ0n) is 14.7. The summed E-state index contributed by atoms with van der Waals surface area (Å²) in [7, 11) is 2.08. The summed E-state index contributed by atoms with van der Waals surface area (Å²) >= 11 is 0. The highest BCUT2D eigenvalue weighted by atomic mass is 16.5. The first-order chi connectivity index (χ1) is 11.1. The Morgan fingerprint density at radius 3 is 2.87 bits per heavy atom. The average Bonchev–Trinajstić information content (AvgIpc) is 2.56. The van der Waals surface area contributed by atoms with Crippen molar-refractivity contribution in [3.8, 4) is 0 Å². The van der Waals surface area contributed by atoms with Gasteiger partial charge >= 0.3 is 0 Å². The summed E-state index contributed by atoms with van der Waals surface area (Å²) in [6, 6.07) is 6.00. The largest absolute Gasteiger partial charge is 0.378 e. The molecule has 0 saturated carbocycles. The number of carbonyl (C=O) groups is 1. The topological polar surface area (TPSA) is 41.6 Å². The van der Waals surface area contributed by atoms with Gasteiger partial charge in [-0.15, -0.1) is 0 Å². The van der Waals surface area contributed by atoms with Gasteiger partial charge in [0.2, 0.25) is 5.91 Å². The van der Waals surface area contributed by atoms with E-state index in [9.17, 15) is 4.79 Å². The number of benzene rings is 1. The number of carbonyl (C=O) groups excluding carboxylic acids is 1. The van der Waals surface area contributed by atoms with Gasteiger partial charge in [0.25, 0.3) is 0 Å². The van der Waals surface area contributed by atoms with E-state index >= 15 is 0 Å². The van der Waals surface area contributed by atoms with E-state index in [2.05, 4.69) is 30.3 Å². The SMILES string of the molecule is Cc1cccc(NC(=O)CCN(C)CC[C@H]2CCCCO2)c1C. The maximum absolute atomic E-state index is 12.1. The fourth-order valence-electron chi connectivity index (χ4n) is 2.90. The van der Waals surface area contributed by atoms with Crippen LogP contribution in [0.1, 0.15) is 43.2 Å². The Bertz CT molecular complexity index is 510. The third-order valence-electron chi connectivity index (χ3n) is 4.71. The molecule has 4 heteroatoms. The van der Waals surface area contributed by atoms with Gasteiger partial charge in [0.05, 0.1) is 6.10 Å². The van der Waals surface area contributed by atoms with Crippen molar-refractivity contribution in [1.82, 2.24) is 4.90 Å². The molecule has 1 aromatic rings. The molecule has 1 N–H and O–H groups in total. The average molecular weight is 318 g/mol. The van der Waals surface area contributed by atoms with E-state index in [-0.39, 0.29) is 5.91 Å². The van der Waals surface area contributed by atoms with Crippen LogP contribution in [0.3, 0.4) is 0 Å². The normalized spacial score (nSPS) is 18.2. The molecule has 0 aliphatic carbocycles. The van der Waals surface area contributed by atoms with Gasteiger partial charge in [-0.25, -0.2) is 0 Å². The van der Waals surface area contributed by atoms with Gasteiger partial charge in [-0.05, 0) is 63.8 Å². The molecule has 1 aliphatic heterocycles. The van der Waals surface area contributed by atoms with Crippen molar-refractivity contribution in [3.63, 3.8) is 0 Å². The molecule has 0 unspecified atom stereocenters. The van der Waals surface area contributed by atoms with E-state index < -0.39 is 0 Å². The van der Waals surface area contributed by atoms with Crippen molar-refractivity contribution in [3.05, 3.63) is 29.3 Å². The summed E-state index contributed by atoms with van der Waals surface area (Å²) in [6.07, 6.45) is 5.66. The van der Waals surface area contributed by atoms with E-state index in [0.29, 0.717) is 12.5 Å². The lowest BCUT2D eigenvalue weighted by Crippen LogP contribution is -2.29. The number of ether oxygens (including phenoxy) is 1. The highest BCUT2D eigenvalue weighted by Crippen LogP contribution is 2.18. The zero-order valence-corrected chi connectivity index (χ0v) is 14.7. The second-order valence-corrected chi connectivity index (χ2v) is 6.63. The van der Waals surface area contributed by atoms with Crippen LogP contribution >= 0.6 is 0 Å². The van der Waals surface area contributed by atoms with Crippen molar-refractivity contribution in [1.29, 1.82) is 0 Å². The molecule has 1 fully saturated rings. The molecule has 1 atom stereocenters. The maximum Gasteiger partial charge on any atom is 0.225 e. The highest BCUT2D eigenvalue weighted by molar-refractivity contribution is 5.91. The van der Waals surface area contributed by atoms with Crippen LogP contribution in [0.2, 0.25) is 0 Å². The summed E-state index contributed by atoms with van der Waals surface area (Å²) in [4.78, 5) is 14.3. The number of nitrogens with zero attached hydrogens (tertiary/aromatic N) is 1. The molecule has 0 radical (unpaired) electrons. The minimum Gasteiger partial charge on any atom is -0.378 e. The van der Waals surface area contributed by atoms with Crippen molar-refractivity contribution in [2.45, 2.75) is 52.1 Å². The molecule has 23 heavy (non-hydrogen) atoms. The molecular weight excluding hydrogens is 288 g/mol. The summed E-state index contributed by atoms with van der Waals surface area (Å²) in [5.41, 5.74) is 3.27. The Labute approximate surface area is 140 Å². The van der Waals surface area contributed by atoms with Crippen LogP contribution in [0.5, 0.6) is 0 Å². The predicted molar refractivity (Wildman–Crippen MR) is 94.9 cm³/mol. The lowest BCUT2D eigenvalue weighted by atomic mass is 10.1. The molecule has 1 aromatic carbocycles. The number of nitrogens with one attached hydrogen (secondary N) is 1. The molecule has 1 saturated heterocycles. The Hall–Kier alpha value is -1.39. The Morgan fingerprint density at radius 2 is 2.13 bits per heavy atom. The monoisotopic (exact) mass is 318 g/mol. The minimum absolute atomic E-state index is 0.0828. The van der Waals surface area contributed by atoms with Gasteiger partial charge in [0.15, 0.2) is 0 Å². The molecule has 4 nitrogen and oxygen atoms in total. The van der Waals surface area contributed by atoms with Crippen molar-refractivity contribution in [2.24, 2.45) is 0 Å². The van der Waals surface area contributed by atoms with Gasteiger partial charge in [-0.1, -0.05) is 12.1 Å². The number of rotatable bonds is 7. The smallest absolute Gasteiger partial charge is 0.225 e. The molecule has 0 bridgehead atoms. The van der Waals surface area contributed by atoms with E-state index in [1.807, 2.05) is 19.1 Å². The van der Waals surface area contributed by atoms with E-state index in [0.717, 1.165) is 37.4 Å². The summed E-state index contributed by atoms with van der Waals surface area (Å²) < 4.78 is 5.75. The van der Waals surface area contributed by atoms with Crippen molar-refractivity contribution < 1.29 is 9.53 Å². The quantitative estimate of drug-likeness (QED) is 0.836. The highest BCUT2D eigenvalue weighted by Gasteiger charge is 2.14. The number of hydrogen-bond acceptors (Lipinski definition) is 3. The number of amides is 1. The third-order valence-corrected chi connectivity index (χ3v) is 4.71. The first kappa shape index (κ1) is 18.0. The van der Waals surface area contributed by atoms with Crippen LogP contribution in [0.25, 0.3) is 0 Å². The van der Waals surface area contributed by atoms with Gasteiger partial charge in [0.1, 0.15) is 0 Å². The van der Waals surface area contributed by atoms with E-state index in [4.69, 9.17) is 4.74 Å². The standard InChI is InChI=1S/C19H30N2O2/c1-15-7-6-9-18(16(15)2)20-19(22)11-13-21(3)12-10-17-8-4-5-14-23-17/h6-7,9,17H,4-5,8,10-14H2,1-3H3,(H,20,22)/t17-/m1/s1. The minimum atomic E-state index is 0.0828. The Kier molecular flexibility index (Phi) is 7.06.